The van der Waals surface area contributed by atoms with E-state index in [2.05, 4.69) is 4.98 Å². The Morgan fingerprint density at radius 2 is 2.13 bits per heavy atom. The van der Waals surface area contributed by atoms with Gasteiger partial charge in [0.2, 0.25) is 5.89 Å². The molecule has 1 heterocycles. The third kappa shape index (κ3) is 1.71. The molecular weight excluding hydrogens is 192 g/mol. The molecule has 0 fully saturated rings. The molecule has 0 aliphatic carbocycles. The largest absolute Gasteiger partial charge is 0.438 e. The van der Waals surface area contributed by atoms with E-state index < -0.39 is 0 Å². The number of aromatic nitrogens is 1. The van der Waals surface area contributed by atoms with E-state index in [0.717, 1.165) is 5.56 Å². The second-order valence-corrected chi connectivity index (χ2v) is 3.27. The topological polar surface area (TPSA) is 72.3 Å². The minimum atomic E-state index is -0.147. The lowest BCUT2D eigenvalue weighted by Crippen LogP contribution is -1.88. The number of para-hydroxylation sites is 1. The monoisotopic (exact) mass is 204 g/mol. The molecule has 0 amide bonds. The lowest BCUT2D eigenvalue weighted by Gasteiger charge is -1.99. The Hall–Kier alpha value is -1.81. The fraction of sp³-hybridized carbons (Fsp3) is 0.182. The van der Waals surface area contributed by atoms with Gasteiger partial charge in [-0.25, -0.2) is 4.98 Å². The minimum absolute atomic E-state index is 0.147. The van der Waals surface area contributed by atoms with Gasteiger partial charge < -0.3 is 15.3 Å². The van der Waals surface area contributed by atoms with Gasteiger partial charge in [-0.2, -0.15) is 0 Å². The van der Waals surface area contributed by atoms with Gasteiger partial charge in [0.1, 0.15) is 6.61 Å². The van der Waals surface area contributed by atoms with E-state index in [4.69, 9.17) is 15.3 Å². The molecule has 78 valence electrons. The van der Waals surface area contributed by atoms with E-state index in [0.29, 0.717) is 23.0 Å². The number of anilines is 1. The predicted molar refractivity (Wildman–Crippen MR) is 57.0 cm³/mol. The molecule has 1 aromatic heterocycles. The fourth-order valence-electron chi connectivity index (χ4n) is 1.38. The predicted octanol–water partition coefficient (Wildman–Crippen LogP) is 1.72. The molecule has 0 aliphatic heterocycles. The third-order valence-electron chi connectivity index (χ3n) is 2.23. The summed E-state index contributed by atoms with van der Waals surface area (Å²) in [6, 6.07) is 7.33. The quantitative estimate of drug-likeness (QED) is 0.730. The van der Waals surface area contributed by atoms with Gasteiger partial charge in [0, 0.05) is 5.69 Å². The van der Waals surface area contributed by atoms with Gasteiger partial charge in [-0.1, -0.05) is 12.1 Å². The Labute approximate surface area is 87.4 Å². The van der Waals surface area contributed by atoms with Crippen LogP contribution >= 0.6 is 0 Å². The maximum absolute atomic E-state index is 8.98. The first-order valence-electron chi connectivity index (χ1n) is 4.64. The van der Waals surface area contributed by atoms with Crippen molar-refractivity contribution in [3.05, 3.63) is 35.7 Å². The average molecular weight is 204 g/mol. The summed E-state index contributed by atoms with van der Waals surface area (Å²) in [5, 5.41) is 8.98. The Bertz CT molecular complexity index is 477. The molecule has 15 heavy (non-hydrogen) atoms. The molecule has 2 aromatic rings. The smallest absolute Gasteiger partial charge is 0.228 e. The highest BCUT2D eigenvalue weighted by molar-refractivity contribution is 5.70. The maximum Gasteiger partial charge on any atom is 0.228 e. The molecule has 3 N–H and O–H groups in total. The van der Waals surface area contributed by atoms with Crippen LogP contribution in [0, 0.1) is 6.92 Å². The summed E-state index contributed by atoms with van der Waals surface area (Å²) < 4.78 is 5.39. The Balaban J connectivity index is 2.50. The van der Waals surface area contributed by atoms with Gasteiger partial charge in [-0.05, 0) is 19.1 Å². The van der Waals surface area contributed by atoms with E-state index in [1.165, 1.54) is 0 Å². The number of benzene rings is 1. The number of oxazole rings is 1. The summed E-state index contributed by atoms with van der Waals surface area (Å²) in [6.45, 7) is 1.64. The maximum atomic E-state index is 8.98. The number of hydrogen-bond donors (Lipinski definition) is 2. The van der Waals surface area contributed by atoms with Crippen LogP contribution in [0.3, 0.4) is 0 Å². The van der Waals surface area contributed by atoms with Crippen molar-refractivity contribution < 1.29 is 9.52 Å². The van der Waals surface area contributed by atoms with Crippen molar-refractivity contribution in [1.29, 1.82) is 0 Å². The second kappa shape index (κ2) is 3.74. The zero-order valence-corrected chi connectivity index (χ0v) is 8.40. The van der Waals surface area contributed by atoms with Gasteiger partial charge in [0.05, 0.1) is 11.3 Å². The lowest BCUT2D eigenvalue weighted by molar-refractivity contribution is 0.247. The molecule has 0 saturated carbocycles. The fourth-order valence-corrected chi connectivity index (χ4v) is 1.38. The minimum Gasteiger partial charge on any atom is -0.438 e. The molecule has 2 rings (SSSR count). The molecule has 0 saturated heterocycles. The van der Waals surface area contributed by atoms with Crippen LogP contribution in [0.15, 0.2) is 28.7 Å². The Morgan fingerprint density at radius 3 is 2.73 bits per heavy atom. The van der Waals surface area contributed by atoms with Crippen LogP contribution in [-0.4, -0.2) is 10.1 Å². The molecule has 1 aromatic carbocycles. The number of aryl methyl sites for hydroxylation is 1. The van der Waals surface area contributed by atoms with Crippen molar-refractivity contribution in [2.24, 2.45) is 0 Å². The summed E-state index contributed by atoms with van der Waals surface area (Å²) in [4.78, 5) is 4.21. The van der Waals surface area contributed by atoms with Crippen molar-refractivity contribution in [3.8, 4) is 11.5 Å². The normalized spacial score (nSPS) is 10.5. The second-order valence-electron chi connectivity index (χ2n) is 3.27. The van der Waals surface area contributed by atoms with Gasteiger partial charge >= 0.3 is 0 Å². The Morgan fingerprint density at radius 1 is 1.40 bits per heavy atom. The van der Waals surface area contributed by atoms with Crippen molar-refractivity contribution >= 4 is 5.69 Å². The zero-order valence-electron chi connectivity index (χ0n) is 8.40. The number of nitrogens with zero attached hydrogens (tertiary/aromatic N) is 1. The van der Waals surface area contributed by atoms with Crippen LogP contribution in [0.25, 0.3) is 11.5 Å². The number of rotatable bonds is 2. The summed E-state index contributed by atoms with van der Waals surface area (Å²) in [6.07, 6.45) is 0. The van der Waals surface area contributed by atoms with Crippen LogP contribution in [-0.2, 0) is 6.61 Å². The number of nitrogens with two attached hydrogens (primary N) is 1. The van der Waals surface area contributed by atoms with Crippen molar-refractivity contribution in [3.63, 3.8) is 0 Å². The molecular formula is C11H12N2O2. The van der Waals surface area contributed by atoms with Gasteiger partial charge in [-0.3, -0.25) is 0 Å². The molecule has 0 radical (unpaired) electrons. The molecule has 0 aliphatic rings. The molecule has 0 atom stereocenters. The zero-order chi connectivity index (χ0) is 10.8. The van der Waals surface area contributed by atoms with Crippen LogP contribution < -0.4 is 5.73 Å². The molecule has 4 heteroatoms. The van der Waals surface area contributed by atoms with Crippen LogP contribution in [0.5, 0.6) is 0 Å². The molecule has 0 unspecified atom stereocenters. The number of hydrogen-bond acceptors (Lipinski definition) is 4. The number of aliphatic hydroxyl groups excluding tert-OH is 1. The molecule has 4 nitrogen and oxygen atoms in total. The van der Waals surface area contributed by atoms with Crippen molar-refractivity contribution in [1.82, 2.24) is 4.98 Å². The van der Waals surface area contributed by atoms with E-state index in [1.807, 2.05) is 18.2 Å². The van der Waals surface area contributed by atoms with E-state index >= 15 is 0 Å². The molecule has 0 spiro atoms. The SMILES string of the molecule is Cc1nc(-c2ccccc2N)oc1CO. The van der Waals surface area contributed by atoms with Crippen LogP contribution in [0.4, 0.5) is 5.69 Å². The third-order valence-corrected chi connectivity index (χ3v) is 2.23. The molecule has 0 bridgehead atoms. The highest BCUT2D eigenvalue weighted by atomic mass is 16.4. The van der Waals surface area contributed by atoms with Crippen LogP contribution in [0.2, 0.25) is 0 Å². The number of aliphatic hydroxyl groups is 1. The van der Waals surface area contributed by atoms with Gasteiger partial charge in [-0.15, -0.1) is 0 Å². The highest BCUT2D eigenvalue weighted by Gasteiger charge is 2.12. The average Bonchev–Trinajstić information content (AvgIpc) is 2.60. The van der Waals surface area contributed by atoms with E-state index in [1.54, 1.807) is 13.0 Å². The standard InChI is InChI=1S/C11H12N2O2/c1-7-10(6-14)15-11(13-7)8-4-2-3-5-9(8)12/h2-5,14H,6,12H2,1H3. The van der Waals surface area contributed by atoms with Crippen LogP contribution in [0.1, 0.15) is 11.5 Å². The first-order chi connectivity index (χ1) is 7.22. The first-order valence-corrected chi connectivity index (χ1v) is 4.64. The van der Waals surface area contributed by atoms with E-state index in [9.17, 15) is 0 Å². The number of nitrogen functional groups attached to an aromatic ring is 1. The Kier molecular flexibility index (Phi) is 2.43. The summed E-state index contributed by atoms with van der Waals surface area (Å²) in [7, 11) is 0. The van der Waals surface area contributed by atoms with Gasteiger partial charge in [0.25, 0.3) is 0 Å². The van der Waals surface area contributed by atoms with Gasteiger partial charge in [0.15, 0.2) is 5.76 Å². The van der Waals surface area contributed by atoms with Crippen molar-refractivity contribution in [2.45, 2.75) is 13.5 Å². The van der Waals surface area contributed by atoms with Crippen molar-refractivity contribution in [2.75, 3.05) is 5.73 Å². The summed E-state index contributed by atoms with van der Waals surface area (Å²) >= 11 is 0. The summed E-state index contributed by atoms with van der Waals surface area (Å²) in [5.74, 6) is 0.933. The summed E-state index contributed by atoms with van der Waals surface area (Å²) in [5.41, 5.74) is 7.85. The lowest BCUT2D eigenvalue weighted by atomic mass is 10.2. The highest BCUT2D eigenvalue weighted by Crippen LogP contribution is 2.26. The first kappa shape index (κ1) is 9.73. The van der Waals surface area contributed by atoms with E-state index in [-0.39, 0.29) is 6.61 Å².